The van der Waals surface area contributed by atoms with E-state index in [4.69, 9.17) is 4.74 Å². The Morgan fingerprint density at radius 3 is 2.04 bits per heavy atom. The molecule has 2 aromatic rings. The summed E-state index contributed by atoms with van der Waals surface area (Å²) in [4.78, 5) is 12.9. The molecule has 0 saturated carbocycles. The number of benzene rings is 2. The predicted octanol–water partition coefficient (Wildman–Crippen LogP) is 5.52. The van der Waals surface area contributed by atoms with Gasteiger partial charge in [-0.25, -0.2) is 0 Å². The second-order valence-corrected chi connectivity index (χ2v) is 10.0. The normalized spacial score (nSPS) is 11.7. The first-order valence-electron chi connectivity index (χ1n) is 9.74. The molecular formula is C24H34LiO2P. The molecule has 2 nitrogen and oxygen atoms in total. The average Bonchev–Trinajstić information content (AvgIpc) is 2.54. The summed E-state index contributed by atoms with van der Waals surface area (Å²) in [5.74, 6) is 1.51. The zero-order valence-electron chi connectivity index (χ0n) is 17.8. The number of hydrogen-bond acceptors (Lipinski definition) is 2. The molecule has 0 aliphatic rings. The van der Waals surface area contributed by atoms with Gasteiger partial charge >= 0.3 is 18.9 Å². The van der Waals surface area contributed by atoms with Crippen molar-refractivity contribution in [2.45, 2.75) is 60.3 Å². The SMILES string of the molecule is Cc1cc(C(C)(C)C)cc(C)c1C(=O)Pc1ccc(OCCC(C)C)cc1.[LiH]. The molecule has 0 amide bonds. The molecule has 0 aromatic heterocycles. The van der Waals surface area contributed by atoms with Crippen LogP contribution in [0.15, 0.2) is 36.4 Å². The fourth-order valence-corrected chi connectivity index (χ4v) is 4.11. The third-order valence-corrected chi connectivity index (χ3v) is 5.80. The number of rotatable bonds is 7. The van der Waals surface area contributed by atoms with Gasteiger partial charge in [-0.05, 0) is 74.3 Å². The van der Waals surface area contributed by atoms with Crippen molar-refractivity contribution in [1.82, 2.24) is 0 Å². The third-order valence-electron chi connectivity index (χ3n) is 4.70. The van der Waals surface area contributed by atoms with Crippen molar-refractivity contribution in [2.75, 3.05) is 6.61 Å². The van der Waals surface area contributed by atoms with E-state index in [1.54, 1.807) is 0 Å². The maximum absolute atomic E-state index is 12.9. The molecule has 0 fully saturated rings. The fraction of sp³-hybridized carbons (Fsp3) is 0.458. The van der Waals surface area contributed by atoms with Crippen LogP contribution in [0.25, 0.3) is 0 Å². The van der Waals surface area contributed by atoms with Crippen LogP contribution in [0.1, 0.15) is 68.1 Å². The summed E-state index contributed by atoms with van der Waals surface area (Å²) < 4.78 is 5.76. The van der Waals surface area contributed by atoms with E-state index in [0.29, 0.717) is 5.92 Å². The van der Waals surface area contributed by atoms with Gasteiger partial charge in [-0.2, -0.15) is 0 Å². The molecule has 0 aliphatic heterocycles. The predicted molar refractivity (Wildman–Crippen MR) is 125 cm³/mol. The van der Waals surface area contributed by atoms with Gasteiger partial charge in [-0.1, -0.05) is 58.9 Å². The van der Waals surface area contributed by atoms with Gasteiger partial charge in [0, 0.05) is 5.56 Å². The molecule has 0 bridgehead atoms. The number of carbonyl (C=O) groups is 1. The van der Waals surface area contributed by atoms with Crippen LogP contribution in [-0.2, 0) is 5.41 Å². The van der Waals surface area contributed by atoms with Crippen LogP contribution in [0, 0.1) is 19.8 Å². The van der Waals surface area contributed by atoms with Gasteiger partial charge in [0.1, 0.15) is 5.75 Å². The second kappa shape index (κ2) is 10.6. The van der Waals surface area contributed by atoms with E-state index in [1.165, 1.54) is 5.56 Å². The Balaban J connectivity index is 0.00000392. The molecule has 0 spiro atoms. The topological polar surface area (TPSA) is 26.3 Å². The minimum absolute atomic E-state index is 0. The first-order valence-corrected chi connectivity index (χ1v) is 10.7. The van der Waals surface area contributed by atoms with E-state index in [1.807, 2.05) is 38.1 Å². The monoisotopic (exact) mass is 392 g/mol. The van der Waals surface area contributed by atoms with Crippen molar-refractivity contribution >= 4 is 38.3 Å². The van der Waals surface area contributed by atoms with Gasteiger partial charge in [-0.15, -0.1) is 0 Å². The molecule has 0 heterocycles. The molecule has 1 unspecified atom stereocenters. The van der Waals surface area contributed by atoms with Crippen molar-refractivity contribution in [3.05, 3.63) is 58.7 Å². The Labute approximate surface area is 184 Å². The van der Waals surface area contributed by atoms with Crippen molar-refractivity contribution in [3.63, 3.8) is 0 Å². The zero-order chi connectivity index (χ0) is 20.2. The van der Waals surface area contributed by atoms with Crippen LogP contribution in [0.2, 0.25) is 0 Å². The van der Waals surface area contributed by atoms with E-state index in [9.17, 15) is 4.79 Å². The summed E-state index contributed by atoms with van der Waals surface area (Å²) >= 11 is 0. The Hall–Kier alpha value is -1.06. The van der Waals surface area contributed by atoms with Crippen LogP contribution < -0.4 is 10.0 Å². The van der Waals surface area contributed by atoms with E-state index in [0.717, 1.165) is 40.8 Å². The molecule has 0 saturated heterocycles. The summed E-state index contributed by atoms with van der Waals surface area (Å²) in [6, 6.07) is 12.3. The van der Waals surface area contributed by atoms with Gasteiger partial charge in [0.25, 0.3) is 0 Å². The van der Waals surface area contributed by atoms with Crippen LogP contribution in [-0.4, -0.2) is 31.0 Å². The molecule has 28 heavy (non-hydrogen) atoms. The quantitative estimate of drug-likeness (QED) is 0.458. The number of aryl methyl sites for hydroxylation is 2. The Kier molecular flexibility index (Phi) is 9.49. The van der Waals surface area contributed by atoms with Gasteiger partial charge in [0.05, 0.1) is 6.61 Å². The second-order valence-electron chi connectivity index (χ2n) is 8.74. The summed E-state index contributed by atoms with van der Waals surface area (Å²) in [5.41, 5.74) is 4.60. The molecule has 2 aromatic carbocycles. The number of hydrogen-bond donors (Lipinski definition) is 0. The molecule has 0 aliphatic carbocycles. The van der Waals surface area contributed by atoms with Crippen LogP contribution in [0.5, 0.6) is 5.75 Å². The Morgan fingerprint density at radius 1 is 1.04 bits per heavy atom. The van der Waals surface area contributed by atoms with E-state index < -0.39 is 0 Å². The zero-order valence-corrected chi connectivity index (χ0v) is 18.8. The molecule has 0 radical (unpaired) electrons. The van der Waals surface area contributed by atoms with Crippen LogP contribution >= 0.6 is 8.58 Å². The molecule has 4 heteroatoms. The molecular weight excluding hydrogens is 358 g/mol. The number of ether oxygens (including phenoxy) is 1. The molecule has 1 atom stereocenters. The first kappa shape index (κ1) is 25.0. The van der Waals surface area contributed by atoms with Gasteiger partial charge in [0.2, 0.25) is 0 Å². The Bertz CT molecular complexity index is 766. The third kappa shape index (κ3) is 7.08. The molecule has 148 valence electrons. The maximum atomic E-state index is 12.9. The van der Waals surface area contributed by atoms with Gasteiger partial charge in [0.15, 0.2) is 5.52 Å². The van der Waals surface area contributed by atoms with Crippen molar-refractivity contribution in [2.24, 2.45) is 5.92 Å². The average molecular weight is 392 g/mol. The molecule has 0 N–H and O–H groups in total. The van der Waals surface area contributed by atoms with Crippen molar-refractivity contribution < 1.29 is 9.53 Å². The summed E-state index contributed by atoms with van der Waals surface area (Å²) in [6.45, 7) is 15.8. The van der Waals surface area contributed by atoms with E-state index in [-0.39, 0.29) is 38.4 Å². The van der Waals surface area contributed by atoms with Gasteiger partial charge in [-0.3, -0.25) is 4.79 Å². The summed E-state index contributed by atoms with van der Waals surface area (Å²) in [6.07, 6.45) is 1.05. The van der Waals surface area contributed by atoms with Crippen molar-refractivity contribution in [1.29, 1.82) is 0 Å². The number of carbonyl (C=O) groups excluding carboxylic acids is 1. The van der Waals surface area contributed by atoms with E-state index in [2.05, 4.69) is 46.8 Å². The Morgan fingerprint density at radius 2 is 1.57 bits per heavy atom. The van der Waals surface area contributed by atoms with E-state index >= 15 is 0 Å². The fourth-order valence-electron chi connectivity index (χ4n) is 3.00. The standard InChI is InChI=1S/C24H33O2P.Li.H/c1-16(2)12-13-26-20-8-10-21(11-9-20)27-23(25)22-17(3)14-19(15-18(22)4)24(5,6)7;;/h8-11,14-16,27H,12-13H2,1-7H3;;. The minimum atomic E-state index is 0. The van der Waals surface area contributed by atoms with Crippen LogP contribution in [0.3, 0.4) is 0 Å². The van der Waals surface area contributed by atoms with Crippen molar-refractivity contribution in [3.8, 4) is 5.75 Å². The first-order chi connectivity index (χ1) is 12.6. The summed E-state index contributed by atoms with van der Waals surface area (Å²) in [7, 11) is 0.132. The van der Waals surface area contributed by atoms with Gasteiger partial charge < -0.3 is 4.74 Å². The van der Waals surface area contributed by atoms with Crippen LogP contribution in [0.4, 0.5) is 0 Å². The summed E-state index contributed by atoms with van der Waals surface area (Å²) in [5, 5.41) is 1.05. The molecule has 2 rings (SSSR count).